The zero-order chi connectivity index (χ0) is 20.8. The van der Waals surface area contributed by atoms with Gasteiger partial charge in [-0.1, -0.05) is 0 Å². The molecular weight excluding hydrogens is 372 g/mol. The summed E-state index contributed by atoms with van der Waals surface area (Å²) in [6.07, 6.45) is 6.23. The van der Waals surface area contributed by atoms with Crippen LogP contribution in [0.5, 0.6) is 0 Å². The Morgan fingerprint density at radius 1 is 1.21 bits per heavy atom. The second-order valence-corrected chi connectivity index (χ2v) is 6.55. The molecule has 2 amide bonds. The lowest BCUT2D eigenvalue weighted by molar-refractivity contribution is -0.119. The Morgan fingerprint density at radius 2 is 2.00 bits per heavy atom. The van der Waals surface area contributed by atoms with Crippen molar-refractivity contribution in [1.29, 1.82) is 10.5 Å². The van der Waals surface area contributed by atoms with E-state index in [1.807, 2.05) is 12.1 Å². The van der Waals surface area contributed by atoms with E-state index in [2.05, 4.69) is 30.9 Å². The van der Waals surface area contributed by atoms with Gasteiger partial charge in [0.25, 0.3) is 0 Å². The fourth-order valence-corrected chi connectivity index (χ4v) is 2.44. The van der Waals surface area contributed by atoms with E-state index in [0.29, 0.717) is 22.8 Å². The van der Waals surface area contributed by atoms with Gasteiger partial charge < -0.3 is 16.0 Å². The van der Waals surface area contributed by atoms with Crippen LogP contribution in [0.4, 0.5) is 11.5 Å². The van der Waals surface area contributed by atoms with Crippen molar-refractivity contribution in [2.24, 2.45) is 5.92 Å². The van der Waals surface area contributed by atoms with E-state index in [4.69, 9.17) is 5.26 Å². The highest BCUT2D eigenvalue weighted by molar-refractivity contribution is 5.93. The van der Waals surface area contributed by atoms with Crippen LogP contribution in [0.15, 0.2) is 24.7 Å². The molecule has 0 saturated heterocycles. The Bertz CT molecular complexity index is 1000. The largest absolute Gasteiger partial charge is 0.374 e. The molecule has 1 saturated carbocycles. The van der Waals surface area contributed by atoms with Crippen LogP contribution in [0.25, 0.3) is 11.3 Å². The maximum absolute atomic E-state index is 11.8. The predicted molar refractivity (Wildman–Crippen MR) is 103 cm³/mol. The maximum atomic E-state index is 11.8. The molecule has 3 rings (SSSR count). The van der Waals surface area contributed by atoms with Crippen LogP contribution in [0.3, 0.4) is 0 Å². The molecule has 3 N–H and O–H groups in total. The van der Waals surface area contributed by atoms with E-state index < -0.39 is 6.04 Å². The molecule has 1 unspecified atom stereocenters. The first kappa shape index (κ1) is 19.7. The van der Waals surface area contributed by atoms with Crippen molar-refractivity contribution in [3.63, 3.8) is 0 Å². The number of amides is 2. The Hall–Kier alpha value is -4.05. The number of hydrogen-bond donors (Lipinski definition) is 3. The number of aromatic nitrogens is 3. The van der Waals surface area contributed by atoms with Gasteiger partial charge in [-0.2, -0.15) is 10.5 Å². The molecule has 29 heavy (non-hydrogen) atoms. The SMILES string of the molecule is CC(C#N)NC(=O)CNc1cc(-c2cnc(NC(=O)C3CC3)cn2)cnc1C#N. The molecule has 1 aliphatic rings. The molecule has 0 aliphatic heterocycles. The average Bonchev–Trinajstić information content (AvgIpc) is 3.58. The molecule has 0 radical (unpaired) electrons. The van der Waals surface area contributed by atoms with Crippen LogP contribution >= 0.6 is 0 Å². The van der Waals surface area contributed by atoms with Gasteiger partial charge in [0.05, 0.1) is 36.4 Å². The lowest BCUT2D eigenvalue weighted by Gasteiger charge is -2.11. The predicted octanol–water partition coefficient (Wildman–Crippen LogP) is 1.20. The lowest BCUT2D eigenvalue weighted by Crippen LogP contribution is -2.35. The third kappa shape index (κ3) is 5.23. The van der Waals surface area contributed by atoms with E-state index in [-0.39, 0.29) is 30.0 Å². The van der Waals surface area contributed by atoms with Gasteiger partial charge >= 0.3 is 0 Å². The number of carbonyl (C=O) groups excluding carboxylic acids is 2. The molecule has 1 atom stereocenters. The fraction of sp³-hybridized carbons (Fsp3) is 0.316. The Labute approximate surface area is 167 Å². The molecule has 0 spiro atoms. The summed E-state index contributed by atoms with van der Waals surface area (Å²) >= 11 is 0. The van der Waals surface area contributed by atoms with E-state index in [1.165, 1.54) is 18.6 Å². The minimum atomic E-state index is -0.613. The van der Waals surface area contributed by atoms with Crippen molar-refractivity contribution < 1.29 is 9.59 Å². The van der Waals surface area contributed by atoms with Crippen molar-refractivity contribution in [3.05, 3.63) is 30.4 Å². The van der Waals surface area contributed by atoms with Gasteiger partial charge in [0, 0.05) is 17.7 Å². The first-order valence-corrected chi connectivity index (χ1v) is 8.96. The number of pyridine rings is 1. The van der Waals surface area contributed by atoms with Crippen LogP contribution in [-0.4, -0.2) is 39.4 Å². The molecule has 2 aromatic heterocycles. The molecule has 2 heterocycles. The van der Waals surface area contributed by atoms with E-state index in [1.54, 1.807) is 13.0 Å². The minimum Gasteiger partial charge on any atom is -0.374 e. The monoisotopic (exact) mass is 390 g/mol. The summed E-state index contributed by atoms with van der Waals surface area (Å²) in [5.41, 5.74) is 1.57. The van der Waals surface area contributed by atoms with Gasteiger partial charge in [0.2, 0.25) is 11.8 Å². The van der Waals surface area contributed by atoms with Gasteiger partial charge in [-0.25, -0.2) is 9.97 Å². The molecular formula is C19H18N8O2. The fourth-order valence-electron chi connectivity index (χ4n) is 2.44. The normalized spacial score (nSPS) is 13.5. The summed E-state index contributed by atoms with van der Waals surface area (Å²) < 4.78 is 0. The summed E-state index contributed by atoms with van der Waals surface area (Å²) in [6.45, 7) is 1.44. The summed E-state index contributed by atoms with van der Waals surface area (Å²) in [7, 11) is 0. The zero-order valence-corrected chi connectivity index (χ0v) is 15.6. The summed E-state index contributed by atoms with van der Waals surface area (Å²) in [6, 6.07) is 4.89. The lowest BCUT2D eigenvalue weighted by atomic mass is 10.1. The third-order valence-electron chi connectivity index (χ3n) is 4.15. The highest BCUT2D eigenvalue weighted by Gasteiger charge is 2.29. The van der Waals surface area contributed by atoms with E-state index in [9.17, 15) is 14.9 Å². The van der Waals surface area contributed by atoms with Gasteiger partial charge in [-0.05, 0) is 25.8 Å². The molecule has 146 valence electrons. The van der Waals surface area contributed by atoms with Crippen LogP contribution in [-0.2, 0) is 9.59 Å². The highest BCUT2D eigenvalue weighted by atomic mass is 16.2. The van der Waals surface area contributed by atoms with E-state index >= 15 is 0 Å². The topological polar surface area (TPSA) is 156 Å². The second kappa shape index (κ2) is 8.76. The Morgan fingerprint density at radius 3 is 2.62 bits per heavy atom. The van der Waals surface area contributed by atoms with E-state index in [0.717, 1.165) is 12.8 Å². The van der Waals surface area contributed by atoms with Crippen molar-refractivity contribution in [3.8, 4) is 23.4 Å². The second-order valence-electron chi connectivity index (χ2n) is 6.55. The Balaban J connectivity index is 1.70. The molecule has 10 nitrogen and oxygen atoms in total. The number of nitrogens with one attached hydrogen (secondary N) is 3. The minimum absolute atomic E-state index is 0.0532. The van der Waals surface area contributed by atoms with Gasteiger partial charge in [-0.3, -0.25) is 14.6 Å². The number of nitrogens with zero attached hydrogens (tertiary/aromatic N) is 5. The van der Waals surface area contributed by atoms with Crippen LogP contribution in [0, 0.1) is 28.6 Å². The third-order valence-corrected chi connectivity index (χ3v) is 4.15. The molecule has 2 aromatic rings. The van der Waals surface area contributed by atoms with Crippen molar-refractivity contribution in [2.45, 2.75) is 25.8 Å². The summed E-state index contributed by atoms with van der Waals surface area (Å²) in [5.74, 6) is 0.00142. The number of carbonyl (C=O) groups is 2. The highest BCUT2D eigenvalue weighted by Crippen LogP contribution is 2.30. The number of hydrogen-bond acceptors (Lipinski definition) is 8. The number of rotatable bonds is 7. The van der Waals surface area contributed by atoms with Crippen molar-refractivity contribution in [1.82, 2.24) is 20.3 Å². The van der Waals surface area contributed by atoms with Crippen molar-refractivity contribution in [2.75, 3.05) is 17.2 Å². The van der Waals surface area contributed by atoms with Crippen molar-refractivity contribution >= 4 is 23.3 Å². The first-order valence-electron chi connectivity index (χ1n) is 8.96. The van der Waals surface area contributed by atoms with Crippen LogP contribution < -0.4 is 16.0 Å². The van der Waals surface area contributed by atoms with Gasteiger partial charge in [0.1, 0.15) is 12.1 Å². The number of nitriles is 2. The van der Waals surface area contributed by atoms with Crippen LogP contribution in [0.1, 0.15) is 25.5 Å². The first-order chi connectivity index (χ1) is 14.0. The average molecular weight is 390 g/mol. The Kier molecular flexibility index (Phi) is 5.95. The molecule has 10 heteroatoms. The van der Waals surface area contributed by atoms with Crippen LogP contribution in [0.2, 0.25) is 0 Å². The molecule has 1 fully saturated rings. The maximum Gasteiger partial charge on any atom is 0.240 e. The van der Waals surface area contributed by atoms with Gasteiger partial charge in [0.15, 0.2) is 11.5 Å². The summed E-state index contributed by atoms with van der Waals surface area (Å²) in [5, 5.41) is 26.0. The molecule has 0 aromatic carbocycles. The smallest absolute Gasteiger partial charge is 0.240 e. The van der Waals surface area contributed by atoms with Gasteiger partial charge in [-0.15, -0.1) is 0 Å². The standard InChI is InChI=1S/C19H18N8O2/c1-11(5-20)26-18(28)10-24-14-4-13(7-22-15(14)6-21)16-8-25-17(9-23-16)27-19(29)12-2-3-12/h4,7-9,11-12,24H,2-3,10H2,1H3,(H,26,28)(H,25,27,29). The molecule has 1 aliphatic carbocycles. The summed E-state index contributed by atoms with van der Waals surface area (Å²) in [4.78, 5) is 36.2. The zero-order valence-electron chi connectivity index (χ0n) is 15.6. The quantitative estimate of drug-likeness (QED) is 0.636. The molecule has 0 bridgehead atoms. The number of anilines is 2.